The van der Waals surface area contributed by atoms with Crippen molar-refractivity contribution in [1.82, 2.24) is 0 Å². The van der Waals surface area contributed by atoms with E-state index >= 15 is 0 Å². The van der Waals surface area contributed by atoms with Gasteiger partial charge >= 0.3 is 0 Å². The molecule has 0 amide bonds. The zero-order chi connectivity index (χ0) is 18.3. The number of hydrogen-bond acceptors (Lipinski definition) is 8. The Kier molecular flexibility index (Phi) is 30.9. The van der Waals surface area contributed by atoms with Crippen LogP contribution in [0.3, 0.4) is 0 Å². The first-order chi connectivity index (χ1) is 12.4. The largest absolute Gasteiger partial charge is 0.378 e. The van der Waals surface area contributed by atoms with Crippen molar-refractivity contribution in [3.63, 3.8) is 0 Å². The molecule has 8 nitrogen and oxygen atoms in total. The zero-order valence-electron chi connectivity index (χ0n) is 15.5. The highest BCUT2D eigenvalue weighted by Crippen LogP contribution is 1.86. The zero-order valence-corrected chi connectivity index (χ0v) is 18.8. The smallest absolute Gasteiger partial charge is 0.0701 e. The molecule has 0 unspecified atom stereocenters. The predicted octanol–water partition coefficient (Wildman–Crippen LogP) is 1.03. The molecule has 0 aromatic carbocycles. The SMILES string of the molecule is Br.NCCOCCOCCOCCOCCOCCOCCOCCBr. The summed E-state index contributed by atoms with van der Waals surface area (Å²) in [5.41, 5.74) is 5.30. The minimum absolute atomic E-state index is 0. The molecule has 0 radical (unpaired) electrons. The van der Waals surface area contributed by atoms with Gasteiger partial charge in [-0.15, -0.1) is 17.0 Å². The maximum absolute atomic E-state index is 5.39. The highest BCUT2D eigenvalue weighted by Gasteiger charge is 1.94. The van der Waals surface area contributed by atoms with Gasteiger partial charge in [0.1, 0.15) is 0 Å². The van der Waals surface area contributed by atoms with Crippen LogP contribution in [0.5, 0.6) is 0 Å². The summed E-state index contributed by atoms with van der Waals surface area (Å²) in [5.74, 6) is 0. The molecule has 0 atom stereocenters. The fourth-order valence-corrected chi connectivity index (χ4v) is 1.79. The van der Waals surface area contributed by atoms with Crippen molar-refractivity contribution >= 4 is 32.9 Å². The van der Waals surface area contributed by atoms with E-state index in [9.17, 15) is 0 Å². The summed E-state index contributed by atoms with van der Waals surface area (Å²) in [4.78, 5) is 0. The van der Waals surface area contributed by atoms with Crippen molar-refractivity contribution in [2.45, 2.75) is 0 Å². The van der Waals surface area contributed by atoms with Gasteiger partial charge in [0.05, 0.1) is 92.5 Å². The topological polar surface area (TPSA) is 90.6 Å². The van der Waals surface area contributed by atoms with Crippen LogP contribution >= 0.6 is 32.9 Å². The molecule has 0 saturated carbocycles. The molecule has 26 heavy (non-hydrogen) atoms. The van der Waals surface area contributed by atoms with Crippen molar-refractivity contribution in [2.24, 2.45) is 5.73 Å². The molecular formula is C16H35Br2NO7. The lowest BCUT2D eigenvalue weighted by Crippen LogP contribution is -2.15. The quantitative estimate of drug-likeness (QED) is 0.170. The van der Waals surface area contributed by atoms with Crippen LogP contribution in [0, 0.1) is 0 Å². The second kappa shape index (κ2) is 27.9. The van der Waals surface area contributed by atoms with Gasteiger partial charge in [0.2, 0.25) is 0 Å². The minimum atomic E-state index is 0. The first kappa shape index (κ1) is 28.8. The van der Waals surface area contributed by atoms with E-state index in [1.165, 1.54) is 0 Å². The molecule has 0 aliphatic heterocycles. The molecular weight excluding hydrogens is 478 g/mol. The van der Waals surface area contributed by atoms with Crippen LogP contribution in [0.4, 0.5) is 0 Å². The van der Waals surface area contributed by atoms with Crippen molar-refractivity contribution in [2.75, 3.05) is 104 Å². The number of alkyl halides is 1. The van der Waals surface area contributed by atoms with E-state index < -0.39 is 0 Å². The van der Waals surface area contributed by atoms with Crippen LogP contribution in [0.1, 0.15) is 0 Å². The summed E-state index contributed by atoms with van der Waals surface area (Å²) in [6, 6.07) is 0. The van der Waals surface area contributed by atoms with E-state index in [0.29, 0.717) is 99.0 Å². The normalized spacial score (nSPS) is 10.8. The summed E-state index contributed by atoms with van der Waals surface area (Å²) in [7, 11) is 0. The highest BCUT2D eigenvalue weighted by atomic mass is 79.9. The molecule has 0 aliphatic rings. The summed E-state index contributed by atoms with van der Waals surface area (Å²) in [6.07, 6.45) is 0. The third-order valence-corrected chi connectivity index (χ3v) is 3.04. The average Bonchev–Trinajstić information content (AvgIpc) is 2.63. The first-order valence-electron chi connectivity index (χ1n) is 8.72. The van der Waals surface area contributed by atoms with Crippen LogP contribution in [-0.2, 0) is 33.2 Å². The van der Waals surface area contributed by atoms with Gasteiger partial charge in [0, 0.05) is 11.9 Å². The van der Waals surface area contributed by atoms with Crippen molar-refractivity contribution in [3.8, 4) is 0 Å². The van der Waals surface area contributed by atoms with E-state index in [1.54, 1.807) is 0 Å². The van der Waals surface area contributed by atoms with E-state index in [2.05, 4.69) is 15.9 Å². The number of ether oxygens (including phenoxy) is 7. The van der Waals surface area contributed by atoms with Gasteiger partial charge in [-0.25, -0.2) is 0 Å². The minimum Gasteiger partial charge on any atom is -0.378 e. The van der Waals surface area contributed by atoms with Crippen molar-refractivity contribution in [1.29, 1.82) is 0 Å². The lowest BCUT2D eigenvalue weighted by atomic mass is 10.6. The van der Waals surface area contributed by atoms with Crippen LogP contribution in [0.2, 0.25) is 0 Å². The number of rotatable bonds is 22. The van der Waals surface area contributed by atoms with Crippen molar-refractivity contribution in [3.05, 3.63) is 0 Å². The fraction of sp³-hybridized carbons (Fsp3) is 1.00. The Bertz CT molecular complexity index is 223. The van der Waals surface area contributed by atoms with Crippen molar-refractivity contribution < 1.29 is 33.2 Å². The second-order valence-electron chi connectivity index (χ2n) is 4.76. The van der Waals surface area contributed by atoms with E-state index in [4.69, 9.17) is 38.9 Å². The van der Waals surface area contributed by atoms with Crippen LogP contribution < -0.4 is 5.73 Å². The molecule has 0 bridgehead atoms. The molecule has 0 rings (SSSR count). The maximum Gasteiger partial charge on any atom is 0.0701 e. The molecule has 0 fully saturated rings. The second-order valence-corrected chi connectivity index (χ2v) is 5.56. The molecule has 0 aliphatic carbocycles. The van der Waals surface area contributed by atoms with Gasteiger partial charge in [0.15, 0.2) is 0 Å². The third-order valence-electron chi connectivity index (χ3n) is 2.72. The standard InChI is InChI=1S/C16H34BrNO7.BrH/c17-1-3-19-5-7-21-9-11-23-13-15-25-16-14-24-12-10-22-8-6-20-4-2-18;/h1-16,18H2;1H. The third kappa shape index (κ3) is 26.9. The Labute approximate surface area is 176 Å². The molecule has 0 spiro atoms. The van der Waals surface area contributed by atoms with E-state index in [-0.39, 0.29) is 17.0 Å². The van der Waals surface area contributed by atoms with Crippen LogP contribution in [-0.4, -0.2) is 104 Å². The Morgan fingerprint density at radius 3 is 0.885 bits per heavy atom. The Morgan fingerprint density at radius 1 is 0.423 bits per heavy atom. The van der Waals surface area contributed by atoms with Crippen LogP contribution in [0.15, 0.2) is 0 Å². The molecule has 10 heteroatoms. The predicted molar refractivity (Wildman–Crippen MR) is 109 cm³/mol. The van der Waals surface area contributed by atoms with Crippen LogP contribution in [0.25, 0.3) is 0 Å². The summed E-state index contributed by atoms with van der Waals surface area (Å²) in [6.45, 7) is 8.56. The molecule has 2 N–H and O–H groups in total. The average molecular weight is 513 g/mol. The number of nitrogens with two attached hydrogens (primary N) is 1. The van der Waals surface area contributed by atoms with Gasteiger partial charge in [-0.2, -0.15) is 0 Å². The fourth-order valence-electron chi connectivity index (χ4n) is 1.56. The Balaban J connectivity index is 0. The number of halogens is 2. The number of hydrogen-bond donors (Lipinski definition) is 1. The Morgan fingerprint density at radius 2 is 0.654 bits per heavy atom. The molecule has 0 heterocycles. The summed E-state index contributed by atoms with van der Waals surface area (Å²) < 4.78 is 37.3. The highest BCUT2D eigenvalue weighted by molar-refractivity contribution is 9.09. The lowest BCUT2D eigenvalue weighted by molar-refractivity contribution is -0.0198. The molecule has 0 aromatic heterocycles. The van der Waals surface area contributed by atoms with Gasteiger partial charge in [-0.05, 0) is 0 Å². The lowest BCUT2D eigenvalue weighted by Gasteiger charge is -2.08. The summed E-state index contributed by atoms with van der Waals surface area (Å²) >= 11 is 3.29. The monoisotopic (exact) mass is 511 g/mol. The first-order valence-corrected chi connectivity index (χ1v) is 9.84. The van der Waals surface area contributed by atoms with Gasteiger partial charge in [0.25, 0.3) is 0 Å². The van der Waals surface area contributed by atoms with E-state index in [0.717, 1.165) is 5.33 Å². The molecule has 160 valence electrons. The van der Waals surface area contributed by atoms with Gasteiger partial charge in [-0.3, -0.25) is 0 Å². The maximum atomic E-state index is 5.39. The molecule has 0 aromatic rings. The summed E-state index contributed by atoms with van der Waals surface area (Å²) in [5, 5.41) is 0.847. The van der Waals surface area contributed by atoms with E-state index in [1.807, 2.05) is 0 Å². The molecule has 0 saturated heterocycles. The van der Waals surface area contributed by atoms with Gasteiger partial charge in [-0.1, -0.05) is 15.9 Å². The van der Waals surface area contributed by atoms with Gasteiger partial charge < -0.3 is 38.9 Å². The Hall–Kier alpha value is 0.640.